The lowest BCUT2D eigenvalue weighted by molar-refractivity contribution is 0.0977. The zero-order valence-electron chi connectivity index (χ0n) is 24.8. The van der Waals surface area contributed by atoms with E-state index in [1.54, 1.807) is 17.7 Å². The minimum atomic E-state index is -3.83. The predicted molar refractivity (Wildman–Crippen MR) is 168 cm³/mol. The van der Waals surface area contributed by atoms with Gasteiger partial charge in [-0.2, -0.15) is 5.10 Å². The van der Waals surface area contributed by atoms with Gasteiger partial charge >= 0.3 is 0 Å². The number of piperidine rings is 1. The third-order valence-corrected chi connectivity index (χ3v) is 9.77. The lowest BCUT2D eigenvalue weighted by atomic mass is 9.98. The van der Waals surface area contributed by atoms with E-state index in [0.29, 0.717) is 46.2 Å². The first-order valence-electron chi connectivity index (χ1n) is 14.6. The van der Waals surface area contributed by atoms with Crippen LogP contribution in [0.25, 0.3) is 10.9 Å². The van der Waals surface area contributed by atoms with Crippen molar-refractivity contribution in [2.75, 3.05) is 29.6 Å². The summed E-state index contributed by atoms with van der Waals surface area (Å²) in [6, 6.07) is 8.83. The zero-order valence-corrected chi connectivity index (χ0v) is 26.4. The SMILES string of the molecule is C[C@@H](Nc1ccc(Cl)nc1C(=O)NS(C)(=O)=O)c1cc(C2CC2)cc2c(=O)n(C)c(N3C[C@@H]4C(c5ccn(C)n5)[C@@H]4C3)nc12. The summed E-state index contributed by atoms with van der Waals surface area (Å²) in [6.45, 7) is 3.52. The van der Waals surface area contributed by atoms with Gasteiger partial charge in [0.15, 0.2) is 5.69 Å². The van der Waals surface area contributed by atoms with Crippen LogP contribution < -0.4 is 20.5 Å². The Morgan fingerprint density at radius 2 is 1.82 bits per heavy atom. The van der Waals surface area contributed by atoms with E-state index in [1.807, 2.05) is 35.6 Å². The normalized spacial score (nSPS) is 21.8. The molecule has 2 saturated carbocycles. The second-order valence-electron chi connectivity index (χ2n) is 12.3. The molecule has 0 bridgehead atoms. The molecule has 0 spiro atoms. The average molecular weight is 637 g/mol. The molecule has 12 nitrogen and oxygen atoms in total. The van der Waals surface area contributed by atoms with E-state index in [1.165, 1.54) is 6.07 Å². The minimum absolute atomic E-state index is 0.0480. The Morgan fingerprint density at radius 1 is 1.09 bits per heavy atom. The minimum Gasteiger partial charge on any atom is -0.377 e. The largest absolute Gasteiger partial charge is 0.377 e. The van der Waals surface area contributed by atoms with Crippen molar-refractivity contribution < 1.29 is 13.2 Å². The highest BCUT2D eigenvalue weighted by Gasteiger charge is 2.57. The van der Waals surface area contributed by atoms with E-state index in [4.69, 9.17) is 16.6 Å². The van der Waals surface area contributed by atoms with Gasteiger partial charge in [0.05, 0.1) is 34.6 Å². The molecule has 3 fully saturated rings. The molecule has 2 aliphatic carbocycles. The standard InChI is InChI=1S/C30H33ClN8O4S/c1-15(32-23-7-8-24(31)33-27(23)28(40)36-44(4,42)43)18-11-17(16-5-6-16)12-19-26(18)34-30(38(3)29(19)41)39-13-20-21(14-39)25(20)22-9-10-37(2)35-22/h7-12,15-16,20-21,25,32H,5-6,13-14H2,1-4H3,(H,36,40)/t15-,20-,21+,25?/m1/s1. The molecule has 14 heteroatoms. The quantitative estimate of drug-likeness (QED) is 0.278. The van der Waals surface area contributed by atoms with Crippen molar-refractivity contribution in [3.8, 4) is 0 Å². The van der Waals surface area contributed by atoms with Gasteiger partial charge in [-0.25, -0.2) is 23.1 Å². The molecule has 1 aliphatic heterocycles. The van der Waals surface area contributed by atoms with Crippen molar-refractivity contribution in [3.05, 3.63) is 74.6 Å². The van der Waals surface area contributed by atoms with Gasteiger partial charge in [-0.3, -0.25) is 18.8 Å². The molecule has 7 rings (SSSR count). The Bertz CT molecular complexity index is 1990. The summed E-state index contributed by atoms with van der Waals surface area (Å²) in [4.78, 5) is 38.1. The molecule has 3 aliphatic rings. The van der Waals surface area contributed by atoms with Gasteiger partial charge in [-0.15, -0.1) is 0 Å². The van der Waals surface area contributed by atoms with E-state index >= 15 is 0 Å². The Hall–Kier alpha value is -3.97. The first-order valence-corrected chi connectivity index (χ1v) is 16.9. The van der Waals surface area contributed by atoms with Crippen molar-refractivity contribution in [1.82, 2.24) is 29.0 Å². The summed E-state index contributed by atoms with van der Waals surface area (Å²) in [6.07, 6.45) is 4.99. The number of nitrogens with zero attached hydrogens (tertiary/aromatic N) is 6. The summed E-state index contributed by atoms with van der Waals surface area (Å²) in [5.41, 5.74) is 3.65. The second-order valence-corrected chi connectivity index (χ2v) is 14.5. The van der Waals surface area contributed by atoms with Crippen LogP contribution in [0.4, 0.5) is 11.6 Å². The Morgan fingerprint density at radius 3 is 2.45 bits per heavy atom. The number of rotatable bonds is 8. The molecule has 4 aromatic rings. The van der Waals surface area contributed by atoms with Crippen molar-refractivity contribution in [2.45, 2.75) is 37.6 Å². The third-order valence-electron chi connectivity index (χ3n) is 9.00. The van der Waals surface area contributed by atoms with E-state index in [9.17, 15) is 18.0 Å². The highest BCUT2D eigenvalue weighted by molar-refractivity contribution is 7.89. The van der Waals surface area contributed by atoms with E-state index in [2.05, 4.69) is 32.4 Å². The topological polar surface area (TPSA) is 144 Å². The summed E-state index contributed by atoms with van der Waals surface area (Å²) < 4.78 is 29.0. The number of nitrogens with one attached hydrogen (secondary N) is 2. The first-order chi connectivity index (χ1) is 20.9. The number of sulfonamides is 1. The van der Waals surface area contributed by atoms with Crippen LogP contribution >= 0.6 is 11.6 Å². The summed E-state index contributed by atoms with van der Waals surface area (Å²) in [5, 5.41) is 8.52. The highest BCUT2D eigenvalue weighted by Crippen LogP contribution is 2.58. The molecular formula is C30H33ClN8O4S. The average Bonchev–Trinajstić information content (AvgIpc) is 3.84. The van der Waals surface area contributed by atoms with Crippen LogP contribution in [-0.4, -0.2) is 58.0 Å². The summed E-state index contributed by atoms with van der Waals surface area (Å²) in [5.74, 6) is 1.51. The molecule has 44 heavy (non-hydrogen) atoms. The molecule has 1 aromatic carbocycles. The van der Waals surface area contributed by atoms with E-state index in [-0.39, 0.29) is 16.4 Å². The van der Waals surface area contributed by atoms with Crippen LogP contribution in [0, 0.1) is 11.8 Å². The maximum Gasteiger partial charge on any atom is 0.285 e. The Balaban J connectivity index is 1.24. The van der Waals surface area contributed by atoms with Gasteiger partial charge < -0.3 is 10.2 Å². The maximum atomic E-state index is 13.9. The number of carbonyl (C=O) groups is 1. The fourth-order valence-corrected chi connectivity index (χ4v) is 7.25. The van der Waals surface area contributed by atoms with Crippen LogP contribution in [0.3, 0.4) is 0 Å². The molecular weight excluding hydrogens is 604 g/mol. The van der Waals surface area contributed by atoms with Gasteiger partial charge in [-0.1, -0.05) is 17.7 Å². The van der Waals surface area contributed by atoms with Crippen LogP contribution in [0.5, 0.6) is 0 Å². The number of hydrogen-bond donors (Lipinski definition) is 2. The van der Waals surface area contributed by atoms with Crippen molar-refractivity contribution in [3.63, 3.8) is 0 Å². The maximum absolute atomic E-state index is 13.9. The summed E-state index contributed by atoms with van der Waals surface area (Å²) in [7, 11) is -0.117. The number of pyridine rings is 1. The fourth-order valence-electron chi connectivity index (χ4n) is 6.67. The van der Waals surface area contributed by atoms with Crippen LogP contribution in [-0.2, 0) is 24.1 Å². The predicted octanol–water partition coefficient (Wildman–Crippen LogP) is 3.31. The number of hydrogen-bond acceptors (Lipinski definition) is 9. The molecule has 230 valence electrons. The van der Waals surface area contributed by atoms with Crippen LogP contribution in [0.2, 0.25) is 5.15 Å². The molecule has 1 saturated heterocycles. The number of halogens is 1. The van der Waals surface area contributed by atoms with Gasteiger partial charge in [-0.05, 0) is 67.3 Å². The molecule has 1 amide bonds. The number of anilines is 2. The summed E-state index contributed by atoms with van der Waals surface area (Å²) >= 11 is 6.07. The lowest BCUT2D eigenvalue weighted by Crippen LogP contribution is -2.32. The molecule has 0 radical (unpaired) electrons. The Labute approximate surface area is 259 Å². The zero-order chi connectivity index (χ0) is 31.1. The van der Waals surface area contributed by atoms with Crippen molar-refractivity contribution in [2.24, 2.45) is 25.9 Å². The monoisotopic (exact) mass is 636 g/mol. The second kappa shape index (κ2) is 10.3. The van der Waals surface area contributed by atoms with E-state index in [0.717, 1.165) is 49.0 Å². The Kier molecular flexibility index (Phi) is 6.74. The van der Waals surface area contributed by atoms with Gasteiger partial charge in [0.2, 0.25) is 16.0 Å². The van der Waals surface area contributed by atoms with Gasteiger partial charge in [0, 0.05) is 44.9 Å². The van der Waals surface area contributed by atoms with Crippen molar-refractivity contribution >= 4 is 50.1 Å². The first kappa shape index (κ1) is 28.8. The smallest absolute Gasteiger partial charge is 0.285 e. The van der Waals surface area contributed by atoms with Crippen molar-refractivity contribution in [1.29, 1.82) is 0 Å². The number of aryl methyl sites for hydroxylation is 1. The number of aromatic nitrogens is 5. The highest BCUT2D eigenvalue weighted by atomic mass is 35.5. The molecule has 3 aromatic heterocycles. The lowest BCUT2D eigenvalue weighted by Gasteiger charge is -2.25. The number of carbonyl (C=O) groups excluding carboxylic acids is 1. The number of fused-ring (bicyclic) bond motifs is 2. The van der Waals surface area contributed by atoms with Gasteiger partial charge in [0.1, 0.15) is 5.15 Å². The van der Waals surface area contributed by atoms with Crippen LogP contribution in [0.15, 0.2) is 41.3 Å². The molecule has 4 heterocycles. The number of benzene rings is 1. The van der Waals surface area contributed by atoms with Gasteiger partial charge in [0.25, 0.3) is 11.5 Å². The molecule has 4 atom stereocenters. The van der Waals surface area contributed by atoms with E-state index < -0.39 is 22.0 Å². The van der Waals surface area contributed by atoms with Crippen LogP contribution in [0.1, 0.15) is 65.0 Å². The third kappa shape index (κ3) is 5.21. The molecule has 2 N–H and O–H groups in total. The number of amides is 1. The molecule has 1 unspecified atom stereocenters. The fraction of sp³-hybridized carbons (Fsp3) is 0.433.